The number of hydrogen-bond acceptors (Lipinski definition) is 2. The van der Waals surface area contributed by atoms with Gasteiger partial charge in [-0.25, -0.2) is 0 Å². The summed E-state index contributed by atoms with van der Waals surface area (Å²) in [4.78, 5) is 12.2. The first-order chi connectivity index (χ1) is 8.97. The zero-order chi connectivity index (χ0) is 14.0. The highest BCUT2D eigenvalue weighted by atomic mass is 127. The van der Waals surface area contributed by atoms with Crippen LogP contribution in [0.5, 0.6) is 0 Å². The van der Waals surface area contributed by atoms with Crippen LogP contribution < -0.4 is 11.1 Å². The van der Waals surface area contributed by atoms with Gasteiger partial charge < -0.3 is 11.1 Å². The Morgan fingerprint density at radius 3 is 2.68 bits per heavy atom. The first-order valence-corrected chi connectivity index (χ1v) is 7.47. The zero-order valence-electron chi connectivity index (χ0n) is 10.2. The molecule has 5 heteroatoms. The van der Waals surface area contributed by atoms with Crippen molar-refractivity contribution in [2.75, 3.05) is 11.1 Å². The van der Waals surface area contributed by atoms with Crippen LogP contribution in [-0.2, 0) is 0 Å². The third-order valence-electron chi connectivity index (χ3n) is 2.63. The molecular formula is C14H12BrIN2O. The smallest absolute Gasteiger partial charge is 0.256 e. The largest absolute Gasteiger partial charge is 0.397 e. The molecule has 0 saturated carbocycles. The molecule has 0 atom stereocenters. The van der Waals surface area contributed by atoms with Gasteiger partial charge in [0.25, 0.3) is 5.91 Å². The molecule has 3 nitrogen and oxygen atoms in total. The maximum Gasteiger partial charge on any atom is 0.256 e. The van der Waals surface area contributed by atoms with Gasteiger partial charge in [-0.15, -0.1) is 0 Å². The van der Waals surface area contributed by atoms with Crippen molar-refractivity contribution in [3.05, 3.63) is 55.6 Å². The van der Waals surface area contributed by atoms with Crippen molar-refractivity contribution in [1.29, 1.82) is 0 Å². The number of benzene rings is 2. The number of nitrogens with two attached hydrogens (primary N) is 1. The number of halogens is 2. The van der Waals surface area contributed by atoms with Gasteiger partial charge in [-0.1, -0.05) is 6.07 Å². The Balaban J connectivity index is 2.28. The standard InChI is InChI=1S/C14H12BrIN2O/c1-8-2-5-13(12(17)6-8)18-14(19)10-7-9(16)3-4-11(10)15/h2-7H,17H2,1H3,(H,18,19). The minimum atomic E-state index is -0.180. The maximum atomic E-state index is 12.2. The molecule has 1 amide bonds. The molecule has 2 aromatic carbocycles. The Bertz CT molecular complexity index is 643. The van der Waals surface area contributed by atoms with Gasteiger partial charge >= 0.3 is 0 Å². The molecule has 0 aromatic heterocycles. The Kier molecular flexibility index (Phi) is 4.46. The van der Waals surface area contributed by atoms with Crippen molar-refractivity contribution in [2.45, 2.75) is 6.92 Å². The average molecular weight is 431 g/mol. The first-order valence-electron chi connectivity index (χ1n) is 5.60. The highest BCUT2D eigenvalue weighted by Gasteiger charge is 2.12. The van der Waals surface area contributed by atoms with E-state index in [0.717, 1.165) is 13.6 Å². The summed E-state index contributed by atoms with van der Waals surface area (Å²) in [6, 6.07) is 11.2. The molecule has 3 N–H and O–H groups in total. The number of nitrogens with one attached hydrogen (secondary N) is 1. The van der Waals surface area contributed by atoms with E-state index >= 15 is 0 Å². The van der Waals surface area contributed by atoms with Gasteiger partial charge in [0.15, 0.2) is 0 Å². The molecule has 2 rings (SSSR count). The fraction of sp³-hybridized carbons (Fsp3) is 0.0714. The second kappa shape index (κ2) is 5.92. The van der Waals surface area contributed by atoms with Gasteiger partial charge in [-0.2, -0.15) is 0 Å². The molecule has 98 valence electrons. The molecule has 0 aliphatic rings. The molecule has 0 aliphatic heterocycles. The predicted molar refractivity (Wildman–Crippen MR) is 90.4 cm³/mol. The summed E-state index contributed by atoms with van der Waals surface area (Å²) in [5, 5.41) is 2.82. The van der Waals surface area contributed by atoms with E-state index in [9.17, 15) is 4.79 Å². The number of hydrogen-bond donors (Lipinski definition) is 2. The van der Waals surface area contributed by atoms with Gasteiger partial charge in [-0.3, -0.25) is 4.79 Å². The van der Waals surface area contributed by atoms with Gasteiger partial charge in [0.2, 0.25) is 0 Å². The summed E-state index contributed by atoms with van der Waals surface area (Å²) in [5.74, 6) is -0.180. The lowest BCUT2D eigenvalue weighted by Crippen LogP contribution is -2.14. The number of anilines is 2. The number of carbonyl (C=O) groups is 1. The summed E-state index contributed by atoms with van der Waals surface area (Å²) in [7, 11) is 0. The van der Waals surface area contributed by atoms with Crippen LogP contribution in [0.25, 0.3) is 0 Å². The number of carbonyl (C=O) groups excluding carboxylic acids is 1. The Morgan fingerprint density at radius 2 is 2.00 bits per heavy atom. The Labute approximate surface area is 133 Å². The van der Waals surface area contributed by atoms with Crippen molar-refractivity contribution >= 4 is 55.8 Å². The van der Waals surface area contributed by atoms with Gasteiger partial charge in [-0.05, 0) is 81.3 Å². The molecule has 0 aliphatic carbocycles. The summed E-state index contributed by atoms with van der Waals surface area (Å²) >= 11 is 5.55. The molecule has 19 heavy (non-hydrogen) atoms. The van der Waals surface area contributed by atoms with E-state index < -0.39 is 0 Å². The fourth-order valence-corrected chi connectivity index (χ4v) is 2.58. The van der Waals surface area contributed by atoms with E-state index in [1.54, 1.807) is 0 Å². The van der Waals surface area contributed by atoms with Crippen molar-refractivity contribution in [1.82, 2.24) is 0 Å². The number of aryl methyl sites for hydroxylation is 1. The lowest BCUT2D eigenvalue weighted by Gasteiger charge is -2.10. The number of nitrogen functional groups attached to an aromatic ring is 1. The van der Waals surface area contributed by atoms with Crippen LogP contribution in [-0.4, -0.2) is 5.91 Å². The van der Waals surface area contributed by atoms with Crippen LogP contribution in [0.4, 0.5) is 11.4 Å². The molecule has 0 radical (unpaired) electrons. The average Bonchev–Trinajstić information content (AvgIpc) is 2.35. The molecule has 0 unspecified atom stereocenters. The Hall–Kier alpha value is -1.08. The van der Waals surface area contributed by atoms with Crippen molar-refractivity contribution in [3.63, 3.8) is 0 Å². The predicted octanol–water partition coefficient (Wildman–Crippen LogP) is 4.20. The third kappa shape index (κ3) is 3.48. The Morgan fingerprint density at radius 1 is 1.26 bits per heavy atom. The summed E-state index contributed by atoms with van der Waals surface area (Å²) in [5.41, 5.74) is 8.73. The van der Waals surface area contributed by atoms with Crippen molar-refractivity contribution in [2.24, 2.45) is 0 Å². The van der Waals surface area contributed by atoms with E-state index in [0.29, 0.717) is 16.9 Å². The second-order valence-electron chi connectivity index (χ2n) is 4.17. The SMILES string of the molecule is Cc1ccc(NC(=O)c2cc(I)ccc2Br)c(N)c1. The van der Waals surface area contributed by atoms with Crippen molar-refractivity contribution in [3.8, 4) is 0 Å². The second-order valence-corrected chi connectivity index (χ2v) is 6.27. The quantitative estimate of drug-likeness (QED) is 0.554. The highest BCUT2D eigenvalue weighted by molar-refractivity contribution is 14.1. The van der Waals surface area contributed by atoms with E-state index in [1.807, 2.05) is 43.3 Å². The van der Waals surface area contributed by atoms with Crippen LogP contribution in [0.1, 0.15) is 15.9 Å². The van der Waals surface area contributed by atoms with E-state index in [4.69, 9.17) is 5.73 Å². The number of amides is 1. The van der Waals surface area contributed by atoms with Crippen LogP contribution in [0.15, 0.2) is 40.9 Å². The fourth-order valence-electron chi connectivity index (χ4n) is 1.66. The molecule has 0 saturated heterocycles. The maximum absolute atomic E-state index is 12.2. The first kappa shape index (κ1) is 14.3. The molecule has 0 heterocycles. The third-order valence-corrected chi connectivity index (χ3v) is 3.99. The van der Waals surface area contributed by atoms with Crippen LogP contribution >= 0.6 is 38.5 Å². The van der Waals surface area contributed by atoms with Gasteiger partial charge in [0.1, 0.15) is 0 Å². The summed E-state index contributed by atoms with van der Waals surface area (Å²) in [6.07, 6.45) is 0. The lowest BCUT2D eigenvalue weighted by molar-refractivity contribution is 0.102. The molecule has 0 spiro atoms. The summed E-state index contributed by atoms with van der Waals surface area (Å²) < 4.78 is 1.76. The monoisotopic (exact) mass is 430 g/mol. The minimum Gasteiger partial charge on any atom is -0.397 e. The van der Waals surface area contributed by atoms with E-state index in [-0.39, 0.29) is 5.91 Å². The zero-order valence-corrected chi connectivity index (χ0v) is 13.9. The van der Waals surface area contributed by atoms with E-state index in [1.165, 1.54) is 0 Å². The topological polar surface area (TPSA) is 55.1 Å². The summed E-state index contributed by atoms with van der Waals surface area (Å²) in [6.45, 7) is 1.96. The van der Waals surface area contributed by atoms with Gasteiger partial charge in [0.05, 0.1) is 16.9 Å². The lowest BCUT2D eigenvalue weighted by atomic mass is 10.1. The number of rotatable bonds is 2. The molecule has 2 aromatic rings. The molecule has 0 fully saturated rings. The minimum absolute atomic E-state index is 0.180. The van der Waals surface area contributed by atoms with E-state index in [2.05, 4.69) is 43.8 Å². The van der Waals surface area contributed by atoms with Crippen LogP contribution in [0, 0.1) is 10.5 Å². The van der Waals surface area contributed by atoms with Crippen LogP contribution in [0.3, 0.4) is 0 Å². The molecular weight excluding hydrogens is 419 g/mol. The van der Waals surface area contributed by atoms with Gasteiger partial charge in [0, 0.05) is 8.04 Å². The van der Waals surface area contributed by atoms with Crippen molar-refractivity contribution < 1.29 is 4.79 Å². The van der Waals surface area contributed by atoms with Crippen LogP contribution in [0.2, 0.25) is 0 Å². The normalized spacial score (nSPS) is 10.3. The highest BCUT2D eigenvalue weighted by Crippen LogP contribution is 2.23. The molecule has 0 bridgehead atoms.